The number of phenols is 1. The van der Waals surface area contributed by atoms with Gasteiger partial charge in [-0.05, 0) is 30.2 Å². The van der Waals surface area contributed by atoms with E-state index >= 15 is 0 Å². The highest BCUT2D eigenvalue weighted by molar-refractivity contribution is 5.97. The number of amides is 2. The predicted octanol–water partition coefficient (Wildman–Crippen LogP) is 2.30. The Hall–Kier alpha value is -3.75. The molecule has 9 nitrogen and oxygen atoms in total. The minimum Gasteiger partial charge on any atom is -0.507 e. The Balaban J connectivity index is 1.86. The molecule has 164 valence electrons. The van der Waals surface area contributed by atoms with E-state index in [4.69, 9.17) is 14.2 Å². The van der Waals surface area contributed by atoms with Crippen molar-refractivity contribution in [3.8, 4) is 23.0 Å². The number of nitrogens with zero attached hydrogens (tertiary/aromatic N) is 2. The van der Waals surface area contributed by atoms with Crippen molar-refractivity contribution in [3.05, 3.63) is 47.0 Å². The number of hydrazone groups is 1. The average Bonchev–Trinajstić information content (AvgIpc) is 3.24. The smallest absolute Gasteiger partial charge is 0.275 e. The molecule has 0 saturated carbocycles. The summed E-state index contributed by atoms with van der Waals surface area (Å²) in [7, 11) is 3.25. The third kappa shape index (κ3) is 4.88. The molecule has 2 aromatic carbocycles. The van der Waals surface area contributed by atoms with Crippen LogP contribution >= 0.6 is 0 Å². The molecule has 0 spiro atoms. The molecule has 0 aliphatic carbocycles. The third-order valence-corrected chi connectivity index (χ3v) is 4.90. The van der Waals surface area contributed by atoms with E-state index in [0.717, 1.165) is 5.56 Å². The van der Waals surface area contributed by atoms with Gasteiger partial charge >= 0.3 is 0 Å². The van der Waals surface area contributed by atoms with E-state index in [1.54, 1.807) is 24.1 Å². The van der Waals surface area contributed by atoms with Crippen molar-refractivity contribution in [1.82, 2.24) is 10.3 Å². The minimum absolute atomic E-state index is 0.0397. The molecule has 2 aromatic rings. The molecule has 3 rings (SSSR count). The highest BCUT2D eigenvalue weighted by Crippen LogP contribution is 2.44. The van der Waals surface area contributed by atoms with E-state index in [1.165, 1.54) is 25.5 Å². The maximum Gasteiger partial charge on any atom is 0.275 e. The Bertz CT molecular complexity index is 1000. The van der Waals surface area contributed by atoms with Gasteiger partial charge in [0.1, 0.15) is 5.75 Å². The largest absolute Gasteiger partial charge is 0.507 e. The second-order valence-corrected chi connectivity index (χ2v) is 6.85. The van der Waals surface area contributed by atoms with Crippen LogP contribution in [0.1, 0.15) is 34.8 Å². The average molecular weight is 427 g/mol. The number of carbonyl (C=O) groups excluding carboxylic acids is 2. The van der Waals surface area contributed by atoms with Crippen LogP contribution in [0.25, 0.3) is 0 Å². The molecule has 0 saturated heterocycles. The van der Waals surface area contributed by atoms with E-state index in [2.05, 4.69) is 10.5 Å². The normalized spacial score (nSPS) is 12.1. The van der Waals surface area contributed by atoms with E-state index in [0.29, 0.717) is 42.2 Å². The summed E-state index contributed by atoms with van der Waals surface area (Å²) in [6.07, 6.45) is 2.40. The summed E-state index contributed by atoms with van der Waals surface area (Å²) in [6, 6.07) is 8.01. The number of ether oxygens (including phenoxy) is 3. The summed E-state index contributed by atoms with van der Waals surface area (Å²) in [5.74, 6) is 0.779. The second kappa shape index (κ2) is 9.84. The Morgan fingerprint density at radius 1 is 1.32 bits per heavy atom. The van der Waals surface area contributed by atoms with Crippen molar-refractivity contribution >= 4 is 18.0 Å². The zero-order chi connectivity index (χ0) is 22.4. The zero-order valence-electron chi connectivity index (χ0n) is 17.7. The van der Waals surface area contributed by atoms with Gasteiger partial charge in [-0.15, -0.1) is 0 Å². The highest BCUT2D eigenvalue weighted by Gasteiger charge is 2.25. The molecular formula is C22H25N3O6. The molecule has 1 heterocycles. The summed E-state index contributed by atoms with van der Waals surface area (Å²) < 4.78 is 16.6. The van der Waals surface area contributed by atoms with Crippen molar-refractivity contribution in [2.75, 3.05) is 27.5 Å². The lowest BCUT2D eigenvalue weighted by Gasteiger charge is -2.18. The quantitative estimate of drug-likeness (QED) is 0.494. The summed E-state index contributed by atoms with van der Waals surface area (Å²) in [5.41, 5.74) is 3.93. The SMILES string of the molecule is CCC(=O)N(C)CCc1cc2c(c(OC)c1C=NNC(=O)c1ccccc1O)OCO2. The lowest BCUT2D eigenvalue weighted by Crippen LogP contribution is -2.28. The fourth-order valence-electron chi connectivity index (χ4n) is 3.19. The van der Waals surface area contributed by atoms with Crippen LogP contribution in [0.4, 0.5) is 0 Å². The number of hydrogen-bond donors (Lipinski definition) is 2. The number of hydrogen-bond acceptors (Lipinski definition) is 7. The number of phenolic OH excluding ortho intramolecular Hbond substituents is 1. The predicted molar refractivity (Wildman–Crippen MR) is 114 cm³/mol. The van der Waals surface area contributed by atoms with E-state index in [1.807, 2.05) is 13.0 Å². The van der Waals surface area contributed by atoms with Gasteiger partial charge in [0.25, 0.3) is 5.91 Å². The monoisotopic (exact) mass is 427 g/mol. The summed E-state index contributed by atoms with van der Waals surface area (Å²) in [5, 5.41) is 13.9. The van der Waals surface area contributed by atoms with Crippen LogP contribution < -0.4 is 19.6 Å². The minimum atomic E-state index is -0.552. The fraction of sp³-hybridized carbons (Fsp3) is 0.318. The fourth-order valence-corrected chi connectivity index (χ4v) is 3.19. The van der Waals surface area contributed by atoms with Gasteiger partial charge < -0.3 is 24.2 Å². The van der Waals surface area contributed by atoms with Crippen molar-refractivity contribution < 1.29 is 28.9 Å². The second-order valence-electron chi connectivity index (χ2n) is 6.85. The summed E-state index contributed by atoms with van der Waals surface area (Å²) >= 11 is 0. The van der Waals surface area contributed by atoms with E-state index in [-0.39, 0.29) is 24.0 Å². The molecule has 0 fully saturated rings. The number of benzene rings is 2. The molecule has 1 aliphatic heterocycles. The number of rotatable bonds is 8. The van der Waals surface area contributed by atoms with Crippen LogP contribution in [0.3, 0.4) is 0 Å². The molecule has 0 aromatic heterocycles. The van der Waals surface area contributed by atoms with Gasteiger partial charge in [-0.1, -0.05) is 19.1 Å². The van der Waals surface area contributed by atoms with E-state index < -0.39 is 5.91 Å². The topological polar surface area (TPSA) is 110 Å². The highest BCUT2D eigenvalue weighted by atomic mass is 16.7. The number of likely N-dealkylation sites (N-methyl/N-ethyl adjacent to an activating group) is 1. The van der Waals surface area contributed by atoms with Gasteiger partial charge in [-0.25, -0.2) is 5.43 Å². The lowest BCUT2D eigenvalue weighted by atomic mass is 10.0. The number of fused-ring (bicyclic) bond motifs is 1. The first-order valence-corrected chi connectivity index (χ1v) is 9.81. The van der Waals surface area contributed by atoms with Crippen molar-refractivity contribution in [2.45, 2.75) is 19.8 Å². The molecule has 0 atom stereocenters. The molecule has 31 heavy (non-hydrogen) atoms. The molecular weight excluding hydrogens is 402 g/mol. The molecule has 0 unspecified atom stereocenters. The third-order valence-electron chi connectivity index (χ3n) is 4.90. The molecule has 9 heteroatoms. The van der Waals surface area contributed by atoms with Crippen molar-refractivity contribution in [2.24, 2.45) is 5.10 Å². The van der Waals surface area contributed by atoms with Crippen molar-refractivity contribution in [1.29, 1.82) is 0 Å². The molecule has 0 bridgehead atoms. The molecule has 1 aliphatic rings. The Labute approximate surface area is 180 Å². The van der Waals surface area contributed by atoms with Crippen LogP contribution in [0, 0.1) is 0 Å². The van der Waals surface area contributed by atoms with Gasteiger partial charge in [0.15, 0.2) is 11.5 Å². The van der Waals surface area contributed by atoms with Gasteiger partial charge in [0.2, 0.25) is 18.4 Å². The first-order chi connectivity index (χ1) is 15.0. The molecule has 2 N–H and O–H groups in total. The maximum absolute atomic E-state index is 12.3. The van der Waals surface area contributed by atoms with Crippen LogP contribution in [-0.4, -0.2) is 55.5 Å². The standard InChI is InChI=1S/C22H25N3O6/c1-4-19(27)25(2)10-9-14-11-18-21(31-13-30-18)20(29-3)16(14)12-23-24-22(28)15-7-5-6-8-17(15)26/h5-8,11-12,26H,4,9-10,13H2,1-3H3,(H,24,28). The number of methoxy groups -OCH3 is 1. The maximum atomic E-state index is 12.3. The Kier molecular flexibility index (Phi) is 6.96. The summed E-state index contributed by atoms with van der Waals surface area (Å²) in [6.45, 7) is 2.37. The number of nitrogens with one attached hydrogen (secondary N) is 1. The van der Waals surface area contributed by atoms with Gasteiger partial charge in [-0.3, -0.25) is 9.59 Å². The van der Waals surface area contributed by atoms with Crippen LogP contribution in [0.5, 0.6) is 23.0 Å². The Morgan fingerprint density at radius 3 is 2.81 bits per heavy atom. The molecule has 2 amide bonds. The van der Waals surface area contributed by atoms with Gasteiger partial charge in [0, 0.05) is 25.6 Å². The van der Waals surface area contributed by atoms with E-state index in [9.17, 15) is 14.7 Å². The van der Waals surface area contributed by atoms with Crippen LogP contribution in [0.2, 0.25) is 0 Å². The lowest BCUT2D eigenvalue weighted by molar-refractivity contribution is -0.129. The first-order valence-electron chi connectivity index (χ1n) is 9.81. The Morgan fingerprint density at radius 2 is 2.10 bits per heavy atom. The molecule has 0 radical (unpaired) electrons. The van der Waals surface area contributed by atoms with Gasteiger partial charge in [0.05, 0.1) is 18.9 Å². The first kappa shape index (κ1) is 21.9. The van der Waals surface area contributed by atoms with Gasteiger partial charge in [-0.2, -0.15) is 5.10 Å². The number of aromatic hydroxyl groups is 1. The number of carbonyl (C=O) groups is 2. The summed E-state index contributed by atoms with van der Waals surface area (Å²) in [4.78, 5) is 25.9. The number of para-hydroxylation sites is 1. The van der Waals surface area contributed by atoms with Crippen molar-refractivity contribution in [3.63, 3.8) is 0 Å². The van der Waals surface area contributed by atoms with Crippen LogP contribution in [0.15, 0.2) is 35.4 Å². The van der Waals surface area contributed by atoms with Crippen LogP contribution in [-0.2, 0) is 11.2 Å². The zero-order valence-corrected chi connectivity index (χ0v) is 17.7.